The standard InChI is InChI=1S/C21H18ClNO4S/c1-2-27-19-12-10-18(11-13-19)23(21(24)16-6-4-3-5-7-16)28(25,26)20-14-8-17(22)9-15-20/h3-15H,2H2,1H3. The van der Waals surface area contributed by atoms with Gasteiger partial charge in [-0.25, -0.2) is 8.42 Å². The fraction of sp³-hybridized carbons (Fsp3) is 0.0952. The number of anilines is 1. The highest BCUT2D eigenvalue weighted by Gasteiger charge is 2.31. The molecule has 0 fully saturated rings. The number of carbonyl (C=O) groups excluding carboxylic acids is 1. The van der Waals surface area contributed by atoms with E-state index >= 15 is 0 Å². The van der Waals surface area contributed by atoms with Crippen molar-refractivity contribution in [3.05, 3.63) is 89.4 Å². The zero-order valence-corrected chi connectivity index (χ0v) is 16.7. The molecule has 5 nitrogen and oxygen atoms in total. The van der Waals surface area contributed by atoms with E-state index in [1.165, 1.54) is 24.3 Å². The molecule has 0 radical (unpaired) electrons. The smallest absolute Gasteiger partial charge is 0.272 e. The van der Waals surface area contributed by atoms with Gasteiger partial charge in [0.05, 0.1) is 17.2 Å². The average molecular weight is 416 g/mol. The molecule has 0 aliphatic carbocycles. The van der Waals surface area contributed by atoms with Gasteiger partial charge < -0.3 is 4.74 Å². The predicted molar refractivity (Wildman–Crippen MR) is 110 cm³/mol. The summed E-state index contributed by atoms with van der Waals surface area (Å²) in [5.74, 6) is -0.0676. The molecule has 0 aliphatic heterocycles. The molecule has 0 unspecified atom stereocenters. The van der Waals surface area contributed by atoms with Crippen molar-refractivity contribution in [2.45, 2.75) is 11.8 Å². The molecule has 0 aliphatic rings. The number of nitrogens with zero attached hydrogens (tertiary/aromatic N) is 1. The summed E-state index contributed by atoms with van der Waals surface area (Å²) < 4.78 is 32.8. The average Bonchev–Trinajstić information content (AvgIpc) is 2.70. The molecule has 0 atom stereocenters. The Bertz CT molecular complexity index is 1050. The van der Waals surface area contributed by atoms with Crippen LogP contribution in [0.3, 0.4) is 0 Å². The molecule has 0 saturated heterocycles. The van der Waals surface area contributed by atoms with Crippen LogP contribution in [0.4, 0.5) is 5.69 Å². The topological polar surface area (TPSA) is 63.7 Å². The first-order valence-electron chi connectivity index (χ1n) is 8.56. The van der Waals surface area contributed by atoms with E-state index in [1.54, 1.807) is 54.6 Å². The molecule has 0 spiro atoms. The number of amides is 1. The molecule has 0 heterocycles. The van der Waals surface area contributed by atoms with Crippen LogP contribution in [-0.2, 0) is 10.0 Å². The number of hydrogen-bond donors (Lipinski definition) is 0. The summed E-state index contributed by atoms with van der Waals surface area (Å²) in [7, 11) is -4.16. The van der Waals surface area contributed by atoms with Crippen LogP contribution in [0.5, 0.6) is 5.75 Å². The first-order chi connectivity index (χ1) is 13.4. The lowest BCUT2D eigenvalue weighted by molar-refractivity contribution is 0.101. The lowest BCUT2D eigenvalue weighted by Gasteiger charge is -2.23. The summed E-state index contributed by atoms with van der Waals surface area (Å²) in [5.41, 5.74) is 0.473. The minimum Gasteiger partial charge on any atom is -0.494 e. The molecule has 0 saturated carbocycles. The number of benzene rings is 3. The SMILES string of the molecule is CCOc1ccc(N(C(=O)c2ccccc2)S(=O)(=O)c2ccc(Cl)cc2)cc1. The first-order valence-corrected chi connectivity index (χ1v) is 10.4. The zero-order chi connectivity index (χ0) is 20.1. The Hall–Kier alpha value is -2.83. The van der Waals surface area contributed by atoms with E-state index in [0.717, 1.165) is 4.31 Å². The van der Waals surface area contributed by atoms with E-state index < -0.39 is 15.9 Å². The van der Waals surface area contributed by atoms with Crippen LogP contribution in [0.1, 0.15) is 17.3 Å². The van der Waals surface area contributed by atoms with Gasteiger partial charge in [-0.1, -0.05) is 29.8 Å². The third-order valence-corrected chi connectivity index (χ3v) is 5.92. The molecular weight excluding hydrogens is 398 g/mol. The van der Waals surface area contributed by atoms with Crippen molar-refractivity contribution in [1.29, 1.82) is 0 Å². The Labute approximate surface area is 169 Å². The summed E-state index contributed by atoms with van der Waals surface area (Å²) in [6, 6.07) is 20.3. The van der Waals surface area contributed by atoms with Gasteiger partial charge >= 0.3 is 0 Å². The molecule has 7 heteroatoms. The lowest BCUT2D eigenvalue weighted by atomic mass is 10.2. The Kier molecular flexibility index (Phi) is 6.02. The van der Waals surface area contributed by atoms with Gasteiger partial charge in [0.2, 0.25) is 0 Å². The van der Waals surface area contributed by atoms with Crippen LogP contribution in [0.2, 0.25) is 5.02 Å². The van der Waals surface area contributed by atoms with Crippen LogP contribution >= 0.6 is 11.6 Å². The van der Waals surface area contributed by atoms with E-state index in [9.17, 15) is 13.2 Å². The van der Waals surface area contributed by atoms with Gasteiger partial charge in [-0.2, -0.15) is 4.31 Å². The fourth-order valence-corrected chi connectivity index (χ4v) is 4.16. The van der Waals surface area contributed by atoms with Gasteiger partial charge in [-0.15, -0.1) is 0 Å². The summed E-state index contributed by atoms with van der Waals surface area (Å²) >= 11 is 5.87. The summed E-state index contributed by atoms with van der Waals surface area (Å²) in [6.45, 7) is 2.33. The van der Waals surface area contributed by atoms with E-state index in [2.05, 4.69) is 0 Å². The number of ether oxygens (including phenoxy) is 1. The van der Waals surface area contributed by atoms with Crippen LogP contribution in [0.25, 0.3) is 0 Å². The maximum atomic E-state index is 13.3. The van der Waals surface area contributed by atoms with Gasteiger partial charge in [0.15, 0.2) is 0 Å². The van der Waals surface area contributed by atoms with Gasteiger partial charge in [0.25, 0.3) is 15.9 Å². The second-order valence-electron chi connectivity index (χ2n) is 5.82. The number of halogens is 1. The number of rotatable bonds is 6. The lowest BCUT2D eigenvalue weighted by Crippen LogP contribution is -2.37. The Morgan fingerprint density at radius 1 is 0.929 bits per heavy atom. The molecule has 1 amide bonds. The molecule has 144 valence electrons. The molecule has 0 bridgehead atoms. The Morgan fingerprint density at radius 2 is 1.54 bits per heavy atom. The van der Waals surface area contributed by atoms with Crippen LogP contribution in [0.15, 0.2) is 83.8 Å². The predicted octanol–water partition coefficient (Wildman–Crippen LogP) is 4.77. The first kappa shape index (κ1) is 19.9. The second-order valence-corrected chi connectivity index (χ2v) is 8.04. The summed E-state index contributed by atoms with van der Waals surface area (Å²) in [5, 5.41) is 0.404. The maximum Gasteiger partial charge on any atom is 0.272 e. The largest absolute Gasteiger partial charge is 0.494 e. The van der Waals surface area contributed by atoms with E-state index in [-0.39, 0.29) is 16.1 Å². The Balaban J connectivity index is 2.11. The normalized spacial score (nSPS) is 11.1. The van der Waals surface area contributed by atoms with Gasteiger partial charge in [0, 0.05) is 10.6 Å². The zero-order valence-electron chi connectivity index (χ0n) is 15.1. The van der Waals surface area contributed by atoms with E-state index in [1.807, 2.05) is 6.92 Å². The molecule has 0 N–H and O–H groups in total. The van der Waals surface area contributed by atoms with Crippen molar-refractivity contribution in [2.75, 3.05) is 10.9 Å². The summed E-state index contributed by atoms with van der Waals surface area (Å²) in [6.07, 6.45) is 0. The highest BCUT2D eigenvalue weighted by atomic mass is 35.5. The third kappa shape index (κ3) is 4.18. The molecule has 3 rings (SSSR count). The molecule has 0 aromatic heterocycles. The van der Waals surface area contributed by atoms with Crippen molar-refractivity contribution >= 4 is 33.2 Å². The molecule has 28 heavy (non-hydrogen) atoms. The van der Waals surface area contributed by atoms with Gasteiger partial charge in [-0.05, 0) is 67.6 Å². The minimum absolute atomic E-state index is 0.0323. The van der Waals surface area contributed by atoms with Crippen molar-refractivity contribution in [2.24, 2.45) is 0 Å². The van der Waals surface area contributed by atoms with Crippen molar-refractivity contribution in [1.82, 2.24) is 0 Å². The van der Waals surface area contributed by atoms with Crippen LogP contribution < -0.4 is 9.04 Å². The van der Waals surface area contributed by atoms with Gasteiger partial charge in [0.1, 0.15) is 5.75 Å². The van der Waals surface area contributed by atoms with Crippen LogP contribution in [-0.4, -0.2) is 20.9 Å². The molecular formula is C21H18ClNO4S. The number of sulfonamides is 1. The summed E-state index contributed by atoms with van der Waals surface area (Å²) in [4.78, 5) is 13.1. The molecule has 3 aromatic rings. The second kappa shape index (κ2) is 8.46. The maximum absolute atomic E-state index is 13.3. The quantitative estimate of drug-likeness (QED) is 0.581. The number of carbonyl (C=O) groups is 1. The Morgan fingerprint density at radius 3 is 2.11 bits per heavy atom. The fourth-order valence-electron chi connectivity index (χ4n) is 2.62. The van der Waals surface area contributed by atoms with Crippen molar-refractivity contribution in [3.8, 4) is 5.75 Å². The van der Waals surface area contributed by atoms with Crippen molar-refractivity contribution in [3.63, 3.8) is 0 Å². The van der Waals surface area contributed by atoms with Crippen molar-refractivity contribution < 1.29 is 17.9 Å². The third-order valence-electron chi connectivity index (χ3n) is 3.94. The minimum atomic E-state index is -4.16. The number of hydrogen-bond acceptors (Lipinski definition) is 4. The van der Waals surface area contributed by atoms with E-state index in [0.29, 0.717) is 17.4 Å². The highest BCUT2D eigenvalue weighted by Crippen LogP contribution is 2.28. The van der Waals surface area contributed by atoms with Crippen LogP contribution in [0, 0.1) is 0 Å². The monoisotopic (exact) mass is 415 g/mol. The molecule has 3 aromatic carbocycles. The highest BCUT2D eigenvalue weighted by molar-refractivity contribution is 7.93. The van der Waals surface area contributed by atoms with E-state index in [4.69, 9.17) is 16.3 Å². The van der Waals surface area contributed by atoms with Gasteiger partial charge in [-0.3, -0.25) is 4.79 Å².